The van der Waals surface area contributed by atoms with Crippen molar-refractivity contribution in [2.45, 2.75) is 44.3 Å². The summed E-state index contributed by atoms with van der Waals surface area (Å²) in [6.45, 7) is 3.76. The van der Waals surface area contributed by atoms with E-state index < -0.39 is 5.54 Å². The van der Waals surface area contributed by atoms with Crippen LogP contribution in [-0.4, -0.2) is 50.8 Å². The van der Waals surface area contributed by atoms with Gasteiger partial charge in [0.25, 0.3) is 0 Å². The van der Waals surface area contributed by atoms with Gasteiger partial charge in [0.1, 0.15) is 5.54 Å². The molecule has 0 bridgehead atoms. The van der Waals surface area contributed by atoms with Crippen molar-refractivity contribution in [1.29, 1.82) is 0 Å². The molecule has 0 aliphatic carbocycles. The van der Waals surface area contributed by atoms with Crippen molar-refractivity contribution in [3.63, 3.8) is 0 Å². The van der Waals surface area contributed by atoms with Gasteiger partial charge in [-0.1, -0.05) is 23.4 Å². The highest BCUT2D eigenvalue weighted by atomic mass is 16.2. The van der Waals surface area contributed by atoms with Gasteiger partial charge in [-0.05, 0) is 38.8 Å². The topological polar surface area (TPSA) is 92.2 Å². The smallest absolute Gasteiger partial charge is 0.250 e. The highest BCUT2D eigenvalue weighted by molar-refractivity contribution is 6.09. The molecule has 0 saturated carbocycles. The number of benzene rings is 1. The molecule has 0 radical (unpaired) electrons. The van der Waals surface area contributed by atoms with E-state index in [0.29, 0.717) is 13.1 Å². The molecule has 146 valence electrons. The fraction of sp³-hybridized carbons (Fsp3) is 0.500. The Hall–Kier alpha value is -2.74. The molecule has 2 amide bonds. The Bertz CT molecular complexity index is 940. The fourth-order valence-electron chi connectivity index (χ4n) is 5.30. The fourth-order valence-corrected chi connectivity index (χ4v) is 5.30. The van der Waals surface area contributed by atoms with Gasteiger partial charge in [-0.15, -0.1) is 5.10 Å². The molecule has 3 aliphatic heterocycles. The maximum atomic E-state index is 13.3. The highest BCUT2D eigenvalue weighted by Gasteiger charge is 2.65. The molecule has 1 spiro atoms. The summed E-state index contributed by atoms with van der Waals surface area (Å²) >= 11 is 0. The Balaban J connectivity index is 1.42. The Morgan fingerprint density at radius 1 is 1.39 bits per heavy atom. The number of fused-ring (bicyclic) bond motifs is 4. The second kappa shape index (κ2) is 6.41. The minimum absolute atomic E-state index is 0.0573. The number of hydrogen-bond acceptors (Lipinski definition) is 5. The Morgan fingerprint density at radius 3 is 3.07 bits per heavy atom. The molecule has 4 heterocycles. The van der Waals surface area contributed by atoms with Crippen molar-refractivity contribution in [3.8, 4) is 0 Å². The van der Waals surface area contributed by atoms with Gasteiger partial charge < -0.3 is 10.6 Å². The van der Waals surface area contributed by atoms with Gasteiger partial charge in [0.05, 0.1) is 18.2 Å². The van der Waals surface area contributed by atoms with Gasteiger partial charge in [-0.25, -0.2) is 0 Å². The Labute approximate surface area is 163 Å². The first kappa shape index (κ1) is 17.4. The van der Waals surface area contributed by atoms with E-state index in [0.717, 1.165) is 42.8 Å². The third kappa shape index (κ3) is 2.40. The largest absolute Gasteiger partial charge is 0.354 e. The Morgan fingerprint density at radius 2 is 2.25 bits per heavy atom. The first-order chi connectivity index (χ1) is 13.6. The first-order valence-electron chi connectivity index (χ1n) is 9.93. The third-order valence-electron chi connectivity index (χ3n) is 6.38. The Kier molecular flexibility index (Phi) is 3.97. The molecule has 2 aromatic rings. The molecule has 0 unspecified atom stereocenters. The predicted octanol–water partition coefficient (Wildman–Crippen LogP) is 1.03. The molecule has 1 aromatic heterocycles. The third-order valence-corrected chi connectivity index (χ3v) is 6.38. The van der Waals surface area contributed by atoms with E-state index in [2.05, 4.69) is 25.8 Å². The lowest BCUT2D eigenvalue weighted by Crippen LogP contribution is -2.54. The van der Waals surface area contributed by atoms with Crippen LogP contribution in [0.5, 0.6) is 0 Å². The molecular weight excluding hydrogens is 356 g/mol. The molecule has 8 heteroatoms. The van der Waals surface area contributed by atoms with Crippen LogP contribution >= 0.6 is 0 Å². The van der Waals surface area contributed by atoms with Gasteiger partial charge in [0.2, 0.25) is 11.8 Å². The average molecular weight is 380 g/mol. The number of carbonyl (C=O) groups excluding carboxylic acids is 2. The molecule has 2 saturated heterocycles. The van der Waals surface area contributed by atoms with Crippen LogP contribution in [0.4, 0.5) is 5.69 Å². The van der Waals surface area contributed by atoms with E-state index >= 15 is 0 Å². The molecule has 2 N–H and O–H groups in total. The zero-order valence-electron chi connectivity index (χ0n) is 15.9. The van der Waals surface area contributed by atoms with E-state index in [1.165, 1.54) is 0 Å². The van der Waals surface area contributed by atoms with Crippen molar-refractivity contribution in [2.24, 2.45) is 5.92 Å². The summed E-state index contributed by atoms with van der Waals surface area (Å²) in [5, 5.41) is 14.0. The number of aryl methyl sites for hydroxylation is 1. The average Bonchev–Trinajstić information content (AvgIpc) is 3.41. The van der Waals surface area contributed by atoms with E-state index in [9.17, 15) is 9.59 Å². The lowest BCUT2D eigenvalue weighted by Gasteiger charge is -2.36. The van der Waals surface area contributed by atoms with Gasteiger partial charge in [0, 0.05) is 30.0 Å². The zero-order chi connectivity index (χ0) is 19.3. The number of carbonyl (C=O) groups is 2. The number of amides is 2. The lowest BCUT2D eigenvalue weighted by molar-refractivity contribution is -0.137. The van der Waals surface area contributed by atoms with Crippen molar-refractivity contribution in [2.75, 3.05) is 18.4 Å². The maximum Gasteiger partial charge on any atom is 0.250 e. The van der Waals surface area contributed by atoms with Crippen LogP contribution in [0.25, 0.3) is 0 Å². The second-order valence-electron chi connectivity index (χ2n) is 7.96. The molecular formula is C20H24N6O2. The summed E-state index contributed by atoms with van der Waals surface area (Å²) in [7, 11) is 0. The molecule has 8 nitrogen and oxygen atoms in total. The van der Waals surface area contributed by atoms with Crippen LogP contribution in [0, 0.1) is 12.8 Å². The molecule has 3 aliphatic rings. The van der Waals surface area contributed by atoms with Crippen molar-refractivity contribution >= 4 is 17.5 Å². The zero-order valence-corrected chi connectivity index (χ0v) is 15.9. The standard InChI is InChI=1S/C20H24N6O2/c1-13-12-25(24-23-13)10-8-21-18(27)16-11-14-5-4-9-26(14)20(16)15-6-2-3-7-17(15)22-19(20)28/h2-3,6-7,12,14,16H,4-5,8-11H2,1H3,(H,21,27)(H,22,28)/t14-,16-,20+/m1/s1. The summed E-state index contributed by atoms with van der Waals surface area (Å²) < 4.78 is 1.72. The number of anilines is 1. The number of rotatable bonds is 4. The molecule has 5 rings (SSSR count). The molecule has 3 atom stereocenters. The maximum absolute atomic E-state index is 13.3. The molecule has 28 heavy (non-hydrogen) atoms. The van der Waals surface area contributed by atoms with Crippen molar-refractivity contribution < 1.29 is 9.59 Å². The summed E-state index contributed by atoms with van der Waals surface area (Å²) in [4.78, 5) is 28.8. The van der Waals surface area contributed by atoms with E-state index in [4.69, 9.17) is 0 Å². The summed E-state index contributed by atoms with van der Waals surface area (Å²) in [5.41, 5.74) is 1.74. The van der Waals surface area contributed by atoms with Crippen LogP contribution in [-0.2, 0) is 21.7 Å². The second-order valence-corrected chi connectivity index (χ2v) is 7.96. The quantitative estimate of drug-likeness (QED) is 0.827. The number of para-hydroxylation sites is 1. The first-order valence-corrected chi connectivity index (χ1v) is 9.93. The molecule has 2 fully saturated rings. The molecule has 1 aromatic carbocycles. The number of nitrogens with zero attached hydrogens (tertiary/aromatic N) is 4. The van der Waals surface area contributed by atoms with Crippen LogP contribution in [0.3, 0.4) is 0 Å². The number of hydrogen-bond donors (Lipinski definition) is 2. The summed E-state index contributed by atoms with van der Waals surface area (Å²) in [6.07, 6.45) is 4.68. The SMILES string of the molecule is Cc1cn(CCNC(=O)[C@H]2C[C@H]3CCCN3[C@]23C(=O)Nc2ccccc23)nn1. The predicted molar refractivity (Wildman–Crippen MR) is 102 cm³/mol. The van der Waals surface area contributed by atoms with E-state index in [1.54, 1.807) is 4.68 Å². The van der Waals surface area contributed by atoms with Crippen molar-refractivity contribution in [3.05, 3.63) is 41.7 Å². The van der Waals surface area contributed by atoms with Gasteiger partial charge >= 0.3 is 0 Å². The minimum atomic E-state index is -0.883. The van der Waals surface area contributed by atoms with Gasteiger partial charge in [0.15, 0.2) is 0 Å². The van der Waals surface area contributed by atoms with Crippen LogP contribution in [0.15, 0.2) is 30.5 Å². The van der Waals surface area contributed by atoms with Crippen molar-refractivity contribution in [1.82, 2.24) is 25.2 Å². The van der Waals surface area contributed by atoms with E-state index in [-0.39, 0.29) is 23.8 Å². The monoisotopic (exact) mass is 380 g/mol. The van der Waals surface area contributed by atoms with E-state index in [1.807, 2.05) is 37.4 Å². The number of aromatic nitrogens is 3. The van der Waals surface area contributed by atoms with Gasteiger partial charge in [-0.3, -0.25) is 19.2 Å². The van der Waals surface area contributed by atoms with Crippen LogP contribution in [0.2, 0.25) is 0 Å². The summed E-state index contributed by atoms with van der Waals surface area (Å²) in [6, 6.07) is 8.07. The summed E-state index contributed by atoms with van der Waals surface area (Å²) in [5.74, 6) is -0.512. The van der Waals surface area contributed by atoms with Gasteiger partial charge in [-0.2, -0.15) is 0 Å². The highest BCUT2D eigenvalue weighted by Crippen LogP contribution is 2.55. The lowest BCUT2D eigenvalue weighted by atomic mass is 9.78. The normalized spacial score (nSPS) is 28.4. The van der Waals surface area contributed by atoms with Crippen LogP contribution in [0.1, 0.15) is 30.5 Å². The van der Waals surface area contributed by atoms with Crippen LogP contribution < -0.4 is 10.6 Å². The minimum Gasteiger partial charge on any atom is -0.354 e. The number of nitrogens with one attached hydrogen (secondary N) is 2.